The van der Waals surface area contributed by atoms with Gasteiger partial charge in [-0.25, -0.2) is 8.42 Å². The summed E-state index contributed by atoms with van der Waals surface area (Å²) in [4.78, 5) is 0. The van der Waals surface area contributed by atoms with Crippen LogP contribution in [-0.2, 0) is 16.9 Å². The molecule has 0 radical (unpaired) electrons. The molecule has 14 heavy (non-hydrogen) atoms. The molecule has 1 rings (SSSR count). The Balaban J connectivity index is 0.00000169. The Morgan fingerprint density at radius 1 is 1.43 bits per heavy atom. The predicted molar refractivity (Wildman–Crippen MR) is 45.7 cm³/mol. The van der Waals surface area contributed by atoms with Gasteiger partial charge in [0.15, 0.2) is 10.3 Å². The molecule has 0 aliphatic heterocycles. The van der Waals surface area contributed by atoms with E-state index in [4.69, 9.17) is 5.11 Å². The Morgan fingerprint density at radius 2 is 2.07 bits per heavy atom. The van der Waals surface area contributed by atoms with Crippen molar-refractivity contribution in [3.05, 3.63) is 29.8 Å². The molecule has 0 saturated carbocycles. The van der Waals surface area contributed by atoms with Crippen molar-refractivity contribution < 1.29 is 47.6 Å². The van der Waals surface area contributed by atoms with Crippen LogP contribution >= 0.6 is 0 Å². The largest absolute Gasteiger partial charge is 1.00 e. The number of aliphatic hydroxyl groups is 1. The Kier molecular flexibility index (Phi) is 5.65. The number of anilines is 1. The van der Waals surface area contributed by atoms with Crippen LogP contribution in [0.25, 0.3) is 0 Å². The first kappa shape index (κ1) is 13.9. The summed E-state index contributed by atoms with van der Waals surface area (Å²) < 4.78 is 32.6. The van der Waals surface area contributed by atoms with Crippen LogP contribution in [0.15, 0.2) is 24.3 Å². The van der Waals surface area contributed by atoms with E-state index < -0.39 is 10.3 Å². The summed E-state index contributed by atoms with van der Waals surface area (Å²) in [5.74, 6) is 0. The molecule has 5 nitrogen and oxygen atoms in total. The maximum atomic E-state index is 10.3. The Labute approximate surface area is 104 Å². The van der Waals surface area contributed by atoms with Gasteiger partial charge in [0.25, 0.3) is 0 Å². The van der Waals surface area contributed by atoms with E-state index in [1.54, 1.807) is 16.9 Å². The number of hydrogen-bond donors (Lipinski definition) is 2. The molecule has 0 heterocycles. The molecule has 1 aromatic carbocycles. The third-order valence-corrected chi connectivity index (χ3v) is 1.84. The molecule has 1 aromatic rings. The molecule has 0 spiro atoms. The van der Waals surface area contributed by atoms with Crippen LogP contribution in [0, 0.1) is 0 Å². The van der Waals surface area contributed by atoms with E-state index in [2.05, 4.69) is 0 Å². The number of nitrogens with one attached hydrogen (secondary N) is 1. The molecule has 0 saturated heterocycles. The van der Waals surface area contributed by atoms with Crippen LogP contribution in [-0.4, -0.2) is 18.1 Å². The van der Waals surface area contributed by atoms with Gasteiger partial charge in [0.2, 0.25) is 0 Å². The first-order valence-electron chi connectivity index (χ1n) is 3.45. The summed E-state index contributed by atoms with van der Waals surface area (Å²) in [7, 11) is -4.48. The molecule has 0 fully saturated rings. The predicted octanol–water partition coefficient (Wildman–Crippen LogP) is -2.94. The Bertz CT molecular complexity index is 392. The Hall–Kier alpha value is -0.110. The normalized spacial score (nSPS) is 10.4. The standard InChI is InChI=1S/C7H9NO4S.Na/c9-5-6-2-1-3-7(4-6)8-13(10,11)12;/h1-4,8-9H,5H2,(H,10,11,12);/q;+1/p-1. The first-order chi connectivity index (χ1) is 6.01. The monoisotopic (exact) mass is 225 g/mol. The van der Waals surface area contributed by atoms with Crippen molar-refractivity contribution >= 4 is 16.0 Å². The Morgan fingerprint density at radius 3 is 2.57 bits per heavy atom. The summed E-state index contributed by atoms with van der Waals surface area (Å²) >= 11 is 0. The summed E-state index contributed by atoms with van der Waals surface area (Å²) in [6, 6.07) is 5.96. The topological polar surface area (TPSA) is 89.5 Å². The van der Waals surface area contributed by atoms with Crippen molar-refractivity contribution in [3.63, 3.8) is 0 Å². The minimum Gasteiger partial charge on any atom is -0.731 e. The zero-order chi connectivity index (χ0) is 9.90. The molecule has 0 aliphatic rings. The van der Waals surface area contributed by atoms with E-state index in [1.165, 1.54) is 12.1 Å². The molecule has 0 bridgehead atoms. The fraction of sp³-hybridized carbons (Fsp3) is 0.143. The zero-order valence-corrected chi connectivity index (χ0v) is 10.4. The van der Waals surface area contributed by atoms with E-state index in [0.29, 0.717) is 5.56 Å². The van der Waals surface area contributed by atoms with Gasteiger partial charge < -0.3 is 9.66 Å². The van der Waals surface area contributed by atoms with Gasteiger partial charge in [-0.3, -0.25) is 4.72 Å². The van der Waals surface area contributed by atoms with Crippen molar-refractivity contribution in [2.45, 2.75) is 6.61 Å². The van der Waals surface area contributed by atoms with Crippen molar-refractivity contribution in [2.75, 3.05) is 4.72 Å². The summed E-state index contributed by atoms with van der Waals surface area (Å²) in [5.41, 5.74) is 0.690. The van der Waals surface area contributed by atoms with Crippen molar-refractivity contribution in [1.82, 2.24) is 0 Å². The van der Waals surface area contributed by atoms with Gasteiger partial charge in [-0.15, -0.1) is 0 Å². The van der Waals surface area contributed by atoms with Crippen molar-refractivity contribution in [1.29, 1.82) is 0 Å². The van der Waals surface area contributed by atoms with Gasteiger partial charge in [-0.05, 0) is 17.7 Å². The SMILES string of the molecule is O=S(=O)([O-])Nc1cccc(CO)c1.[Na+]. The molecule has 0 amide bonds. The minimum atomic E-state index is -4.48. The van der Waals surface area contributed by atoms with Crippen molar-refractivity contribution in [2.24, 2.45) is 0 Å². The summed E-state index contributed by atoms with van der Waals surface area (Å²) in [5, 5.41) is 8.71. The van der Waals surface area contributed by atoms with Gasteiger partial charge in [-0.1, -0.05) is 12.1 Å². The molecule has 2 N–H and O–H groups in total. The van der Waals surface area contributed by atoms with E-state index in [-0.39, 0.29) is 41.9 Å². The molecule has 0 aliphatic carbocycles. The van der Waals surface area contributed by atoms with Gasteiger partial charge in [0, 0.05) is 5.69 Å². The van der Waals surface area contributed by atoms with Crippen LogP contribution in [0.4, 0.5) is 5.69 Å². The fourth-order valence-corrected chi connectivity index (χ4v) is 1.29. The summed E-state index contributed by atoms with van der Waals surface area (Å²) in [6.45, 7) is -0.200. The number of rotatable bonds is 3. The van der Waals surface area contributed by atoms with E-state index >= 15 is 0 Å². The molecule has 0 atom stereocenters. The molecule has 0 unspecified atom stereocenters. The summed E-state index contributed by atoms with van der Waals surface area (Å²) in [6.07, 6.45) is 0. The smallest absolute Gasteiger partial charge is 0.731 e. The quantitative estimate of drug-likeness (QED) is 0.425. The van der Waals surface area contributed by atoms with Crippen LogP contribution in [0.2, 0.25) is 0 Å². The van der Waals surface area contributed by atoms with Gasteiger partial charge >= 0.3 is 29.6 Å². The van der Waals surface area contributed by atoms with E-state index in [1.807, 2.05) is 0 Å². The maximum Gasteiger partial charge on any atom is 1.00 e. The average molecular weight is 225 g/mol. The van der Waals surface area contributed by atoms with Crippen molar-refractivity contribution in [3.8, 4) is 0 Å². The fourth-order valence-electron chi connectivity index (χ4n) is 0.878. The molecule has 7 heteroatoms. The second-order valence-corrected chi connectivity index (χ2v) is 3.53. The number of aliphatic hydroxyl groups excluding tert-OH is 1. The number of hydrogen-bond acceptors (Lipinski definition) is 4. The van der Waals surface area contributed by atoms with Crippen LogP contribution in [0.3, 0.4) is 0 Å². The van der Waals surface area contributed by atoms with Gasteiger partial charge in [0.05, 0.1) is 6.61 Å². The minimum absolute atomic E-state index is 0. The van der Waals surface area contributed by atoms with Crippen LogP contribution in [0.1, 0.15) is 5.56 Å². The first-order valence-corrected chi connectivity index (χ1v) is 4.85. The third kappa shape index (κ3) is 4.94. The molecular weight excluding hydrogens is 217 g/mol. The van der Waals surface area contributed by atoms with E-state index in [9.17, 15) is 13.0 Å². The van der Waals surface area contributed by atoms with Crippen LogP contribution < -0.4 is 34.3 Å². The van der Waals surface area contributed by atoms with Gasteiger partial charge in [-0.2, -0.15) is 0 Å². The molecule has 72 valence electrons. The molecule has 0 aromatic heterocycles. The number of benzene rings is 1. The average Bonchev–Trinajstić information content (AvgIpc) is 2.01. The van der Waals surface area contributed by atoms with E-state index in [0.717, 1.165) is 0 Å². The third-order valence-electron chi connectivity index (χ3n) is 1.35. The van der Waals surface area contributed by atoms with Crippen LogP contribution in [0.5, 0.6) is 0 Å². The van der Waals surface area contributed by atoms with Gasteiger partial charge in [0.1, 0.15) is 0 Å². The zero-order valence-electron chi connectivity index (χ0n) is 7.60. The second-order valence-electron chi connectivity index (χ2n) is 2.41. The second kappa shape index (κ2) is 5.69. The maximum absolute atomic E-state index is 10.3. The molecular formula is C7H8NNaO4S.